The standard InChI is InChI=1S/C22H23F7N2O4/c23-17-8-15(21(24,25)26)2-1-13(17)10-35-20(22(27,28)29)4-6-31(12-20)19(33)30-5-3-18-14(9-30)7-16(32)11-34-18/h1-2,8,14,18H,3-7,9-12H2/t14-,18+,20?/m1/s1. The lowest BCUT2D eigenvalue weighted by Crippen LogP contribution is -2.55. The van der Waals surface area contributed by atoms with Gasteiger partial charge in [0.15, 0.2) is 11.4 Å². The van der Waals surface area contributed by atoms with E-state index in [9.17, 15) is 40.3 Å². The van der Waals surface area contributed by atoms with Crippen LogP contribution in [0.4, 0.5) is 35.5 Å². The Morgan fingerprint density at radius 1 is 1.14 bits per heavy atom. The molecular weight excluding hydrogens is 489 g/mol. The molecule has 0 aliphatic carbocycles. The van der Waals surface area contributed by atoms with Crippen molar-refractivity contribution in [2.24, 2.45) is 5.92 Å². The number of rotatable bonds is 3. The molecule has 1 unspecified atom stereocenters. The average Bonchev–Trinajstić information content (AvgIpc) is 3.22. The molecule has 3 aliphatic heterocycles. The highest BCUT2D eigenvalue weighted by Gasteiger charge is 2.60. The number of carbonyl (C=O) groups excluding carboxylic acids is 2. The molecule has 0 N–H and O–H groups in total. The van der Waals surface area contributed by atoms with Crippen LogP contribution in [0.15, 0.2) is 18.2 Å². The van der Waals surface area contributed by atoms with Gasteiger partial charge in [0.2, 0.25) is 0 Å². The van der Waals surface area contributed by atoms with Gasteiger partial charge in [-0.15, -0.1) is 0 Å². The first-order valence-corrected chi connectivity index (χ1v) is 11.0. The number of carbonyl (C=O) groups is 2. The predicted molar refractivity (Wildman–Crippen MR) is 106 cm³/mol. The van der Waals surface area contributed by atoms with E-state index in [-0.39, 0.29) is 56.5 Å². The first-order valence-electron chi connectivity index (χ1n) is 11.0. The molecule has 3 atom stereocenters. The van der Waals surface area contributed by atoms with E-state index >= 15 is 0 Å². The van der Waals surface area contributed by atoms with Crippen molar-refractivity contribution in [3.05, 3.63) is 35.1 Å². The van der Waals surface area contributed by atoms with E-state index in [2.05, 4.69) is 0 Å². The highest BCUT2D eigenvalue weighted by molar-refractivity contribution is 5.81. The molecule has 1 aromatic rings. The molecule has 13 heteroatoms. The van der Waals surface area contributed by atoms with Gasteiger partial charge in [0, 0.05) is 44.0 Å². The maximum absolute atomic E-state index is 14.1. The van der Waals surface area contributed by atoms with Crippen LogP contribution < -0.4 is 0 Å². The monoisotopic (exact) mass is 512 g/mol. The third-order valence-corrected chi connectivity index (χ3v) is 6.79. The zero-order chi connectivity index (χ0) is 25.6. The number of benzene rings is 1. The molecule has 1 aromatic carbocycles. The predicted octanol–water partition coefficient (Wildman–Crippen LogP) is 4.17. The molecule has 35 heavy (non-hydrogen) atoms. The quantitative estimate of drug-likeness (QED) is 0.571. The number of fused-ring (bicyclic) bond motifs is 1. The first kappa shape index (κ1) is 25.7. The Balaban J connectivity index is 1.43. The zero-order valence-corrected chi connectivity index (χ0v) is 18.4. The highest BCUT2D eigenvalue weighted by atomic mass is 19.4. The number of hydrogen-bond donors (Lipinski definition) is 0. The van der Waals surface area contributed by atoms with Gasteiger partial charge >= 0.3 is 18.4 Å². The number of amides is 2. The Kier molecular flexibility index (Phi) is 6.77. The lowest BCUT2D eigenvalue weighted by molar-refractivity contribution is -0.275. The Morgan fingerprint density at radius 3 is 2.54 bits per heavy atom. The minimum atomic E-state index is -4.92. The number of alkyl halides is 6. The summed E-state index contributed by atoms with van der Waals surface area (Å²) in [5.41, 5.74) is -4.52. The summed E-state index contributed by atoms with van der Waals surface area (Å²) in [6, 6.07) is 0.873. The summed E-state index contributed by atoms with van der Waals surface area (Å²) in [5.74, 6) is -1.65. The highest BCUT2D eigenvalue weighted by Crippen LogP contribution is 2.42. The Hall–Kier alpha value is -2.41. The van der Waals surface area contributed by atoms with Crippen LogP contribution in [-0.2, 0) is 27.1 Å². The largest absolute Gasteiger partial charge is 0.419 e. The number of hydrogen-bond acceptors (Lipinski definition) is 4. The molecule has 3 saturated heterocycles. The zero-order valence-electron chi connectivity index (χ0n) is 18.4. The second-order valence-corrected chi connectivity index (χ2v) is 9.13. The topological polar surface area (TPSA) is 59.1 Å². The maximum Gasteiger partial charge on any atom is 0.419 e. The molecule has 0 saturated carbocycles. The van der Waals surface area contributed by atoms with E-state index in [1.54, 1.807) is 0 Å². The summed E-state index contributed by atoms with van der Waals surface area (Å²) >= 11 is 0. The fourth-order valence-electron chi connectivity index (χ4n) is 4.78. The van der Waals surface area contributed by atoms with Crippen LogP contribution in [0, 0.1) is 11.7 Å². The Morgan fingerprint density at radius 2 is 1.89 bits per heavy atom. The smallest absolute Gasteiger partial charge is 0.370 e. The lowest BCUT2D eigenvalue weighted by Gasteiger charge is -2.41. The van der Waals surface area contributed by atoms with Gasteiger partial charge in [-0.25, -0.2) is 9.18 Å². The molecule has 3 fully saturated rings. The molecule has 3 aliphatic rings. The van der Waals surface area contributed by atoms with Crippen LogP contribution in [0.2, 0.25) is 0 Å². The van der Waals surface area contributed by atoms with Gasteiger partial charge in [-0.1, -0.05) is 6.07 Å². The summed E-state index contributed by atoms with van der Waals surface area (Å²) in [6.45, 7) is -1.56. The van der Waals surface area contributed by atoms with Crippen molar-refractivity contribution in [3.8, 4) is 0 Å². The van der Waals surface area contributed by atoms with Gasteiger partial charge in [0.05, 0.1) is 24.8 Å². The van der Waals surface area contributed by atoms with E-state index in [0.29, 0.717) is 12.5 Å². The van der Waals surface area contributed by atoms with Gasteiger partial charge in [0.1, 0.15) is 12.4 Å². The number of urea groups is 1. The van der Waals surface area contributed by atoms with Crippen LogP contribution in [-0.4, -0.2) is 72.3 Å². The minimum absolute atomic E-state index is 0.0200. The molecule has 6 nitrogen and oxygen atoms in total. The summed E-state index contributed by atoms with van der Waals surface area (Å²) < 4.78 is 105. The minimum Gasteiger partial charge on any atom is -0.370 e. The van der Waals surface area contributed by atoms with Crippen molar-refractivity contribution in [1.29, 1.82) is 0 Å². The molecule has 0 spiro atoms. The van der Waals surface area contributed by atoms with Crippen LogP contribution in [0.1, 0.15) is 30.4 Å². The maximum atomic E-state index is 14.1. The fraction of sp³-hybridized carbons (Fsp3) is 0.636. The summed E-state index contributed by atoms with van der Waals surface area (Å²) in [4.78, 5) is 27.0. The molecule has 194 valence electrons. The van der Waals surface area contributed by atoms with Crippen molar-refractivity contribution in [2.75, 3.05) is 32.8 Å². The second kappa shape index (κ2) is 9.23. The molecule has 0 aromatic heterocycles. The van der Waals surface area contributed by atoms with Gasteiger partial charge in [-0.05, 0) is 18.6 Å². The summed E-state index contributed by atoms with van der Waals surface area (Å²) in [5, 5.41) is 0. The molecule has 4 rings (SSSR count). The molecule has 2 amide bonds. The number of ketones is 1. The van der Waals surface area contributed by atoms with E-state index in [4.69, 9.17) is 9.47 Å². The molecule has 3 heterocycles. The SMILES string of the molecule is O=C1CO[C@H]2CCN(C(=O)N3CCC(OCc4ccc(C(F)(F)F)cc4F)(C(F)(F)F)C3)C[C@H]2C1. The van der Waals surface area contributed by atoms with Gasteiger partial charge in [-0.2, -0.15) is 26.3 Å². The number of nitrogens with zero attached hydrogens (tertiary/aromatic N) is 2. The third-order valence-electron chi connectivity index (χ3n) is 6.79. The number of Topliss-reactive ketones (excluding diaryl/α,β-unsaturated/α-hetero) is 1. The van der Waals surface area contributed by atoms with Crippen LogP contribution in [0.25, 0.3) is 0 Å². The third kappa shape index (κ3) is 5.25. The number of ether oxygens (including phenoxy) is 2. The van der Waals surface area contributed by atoms with Gasteiger partial charge in [-0.3, -0.25) is 4.79 Å². The first-order chi connectivity index (χ1) is 16.3. The van der Waals surface area contributed by atoms with E-state index in [1.165, 1.54) is 4.90 Å². The summed E-state index contributed by atoms with van der Waals surface area (Å²) in [7, 11) is 0. The molecule has 0 radical (unpaired) electrons. The summed E-state index contributed by atoms with van der Waals surface area (Å²) in [6.07, 6.45) is -9.79. The van der Waals surface area contributed by atoms with E-state index in [1.807, 2.05) is 0 Å². The Labute approximate surface area is 195 Å². The Bertz CT molecular complexity index is 984. The van der Waals surface area contributed by atoms with E-state index < -0.39 is 60.5 Å². The van der Waals surface area contributed by atoms with Crippen LogP contribution in [0.5, 0.6) is 0 Å². The van der Waals surface area contributed by atoms with E-state index in [0.717, 1.165) is 11.0 Å². The molecule has 0 bridgehead atoms. The van der Waals surface area contributed by atoms with Crippen molar-refractivity contribution in [2.45, 2.75) is 49.9 Å². The average molecular weight is 512 g/mol. The van der Waals surface area contributed by atoms with Crippen molar-refractivity contribution < 1.29 is 49.8 Å². The van der Waals surface area contributed by atoms with Gasteiger partial charge < -0.3 is 19.3 Å². The second-order valence-electron chi connectivity index (χ2n) is 9.13. The number of likely N-dealkylation sites (tertiary alicyclic amines) is 2. The number of piperidine rings is 1. The van der Waals surface area contributed by atoms with Crippen molar-refractivity contribution in [1.82, 2.24) is 9.80 Å². The normalized spacial score (nSPS) is 27.8. The number of halogens is 7. The fourth-order valence-corrected chi connectivity index (χ4v) is 4.78. The van der Waals surface area contributed by atoms with Crippen LogP contribution >= 0.6 is 0 Å². The van der Waals surface area contributed by atoms with Crippen molar-refractivity contribution >= 4 is 11.8 Å². The van der Waals surface area contributed by atoms with Crippen molar-refractivity contribution in [3.63, 3.8) is 0 Å². The molecular formula is C22H23F7N2O4. The van der Waals surface area contributed by atoms with Gasteiger partial charge in [0.25, 0.3) is 0 Å². The van der Waals surface area contributed by atoms with Crippen LogP contribution in [0.3, 0.4) is 0 Å². The lowest BCUT2D eigenvalue weighted by atomic mass is 9.88.